The molecule has 1 saturated heterocycles. The molecular weight excluding hydrogens is 591 g/mol. The first-order chi connectivity index (χ1) is 22.1. The van der Waals surface area contributed by atoms with Crippen LogP contribution in [0.15, 0.2) is 115 Å². The number of hydrogen-bond acceptors (Lipinski definition) is 6. The van der Waals surface area contributed by atoms with Crippen LogP contribution < -0.4 is 16.0 Å². The second kappa shape index (κ2) is 13.1. The number of pyridine rings is 1. The van der Waals surface area contributed by atoms with Crippen molar-refractivity contribution in [3.8, 4) is 5.69 Å². The molecule has 1 aliphatic rings. The van der Waals surface area contributed by atoms with Crippen molar-refractivity contribution in [3.63, 3.8) is 0 Å². The summed E-state index contributed by atoms with van der Waals surface area (Å²) in [4.78, 5) is 17.6. The molecule has 9 heteroatoms. The van der Waals surface area contributed by atoms with E-state index in [2.05, 4.69) is 102 Å². The van der Waals surface area contributed by atoms with Crippen LogP contribution in [0.5, 0.6) is 0 Å². The third kappa shape index (κ3) is 7.10. The molecule has 2 aromatic heterocycles. The predicted molar refractivity (Wildman–Crippen MR) is 190 cm³/mol. The fourth-order valence-electron chi connectivity index (χ4n) is 5.49. The maximum absolute atomic E-state index is 13.5. The molecule has 1 aliphatic heterocycles. The lowest BCUT2D eigenvalue weighted by molar-refractivity contribution is 0.262. The third-order valence-electron chi connectivity index (χ3n) is 7.96. The highest BCUT2D eigenvalue weighted by Crippen LogP contribution is 2.32. The summed E-state index contributed by atoms with van der Waals surface area (Å²) in [6, 6.07) is 26.3. The number of hydrogen-bond donors (Lipinski definition) is 3. The Balaban J connectivity index is 1.19. The Bertz CT molecular complexity index is 1890. The van der Waals surface area contributed by atoms with Gasteiger partial charge in [-0.25, -0.2) is 9.48 Å². The van der Waals surface area contributed by atoms with Crippen LogP contribution in [0.4, 0.5) is 16.3 Å². The van der Waals surface area contributed by atoms with Gasteiger partial charge in [0.05, 0.1) is 28.6 Å². The van der Waals surface area contributed by atoms with Crippen molar-refractivity contribution in [3.05, 3.63) is 138 Å². The summed E-state index contributed by atoms with van der Waals surface area (Å²) in [6.45, 7) is 15.0. The van der Waals surface area contributed by atoms with E-state index in [9.17, 15) is 4.79 Å². The number of urea groups is 1. The number of rotatable bonds is 9. The fraction of sp³-hybridized carbons (Fsp3) is 0.216. The Morgan fingerprint density at radius 2 is 1.63 bits per heavy atom. The van der Waals surface area contributed by atoms with Gasteiger partial charge in [-0.2, -0.15) is 5.10 Å². The molecule has 0 saturated carbocycles. The Morgan fingerprint density at radius 3 is 2.33 bits per heavy atom. The molecule has 6 rings (SSSR count). The highest BCUT2D eigenvalue weighted by molar-refractivity contribution is 8.01. The minimum Gasteiger partial charge on any atom is -0.336 e. The summed E-state index contributed by atoms with van der Waals surface area (Å²) in [5.41, 5.74) is 5.96. The summed E-state index contributed by atoms with van der Waals surface area (Å²) in [5, 5.41) is 17.2. The molecule has 46 heavy (non-hydrogen) atoms. The third-order valence-corrected chi connectivity index (χ3v) is 8.85. The lowest BCUT2D eigenvalue weighted by Gasteiger charge is -2.16. The number of anilines is 2. The maximum Gasteiger partial charge on any atom is 0.324 e. The van der Waals surface area contributed by atoms with Crippen molar-refractivity contribution in [1.29, 1.82) is 0 Å². The molecule has 5 aromatic rings. The Morgan fingerprint density at radius 1 is 0.891 bits per heavy atom. The number of fused-ring (bicyclic) bond motifs is 1. The van der Waals surface area contributed by atoms with Crippen molar-refractivity contribution in [2.75, 3.05) is 10.6 Å². The normalized spacial score (nSPS) is 13.2. The van der Waals surface area contributed by atoms with Crippen LogP contribution in [0.25, 0.3) is 16.5 Å². The molecule has 0 aliphatic carbocycles. The minimum absolute atomic E-state index is 0.204. The van der Waals surface area contributed by atoms with Gasteiger partial charge in [-0.15, -0.1) is 0 Å². The number of nitrogens with one attached hydrogen (secondary N) is 3. The monoisotopic (exact) mass is 629 g/mol. The number of carbonyl (C=O) groups is 1. The number of aryl methyl sites for hydroxylation is 2. The molecule has 0 unspecified atom stereocenters. The van der Waals surface area contributed by atoms with Gasteiger partial charge in [0.2, 0.25) is 0 Å². The highest BCUT2D eigenvalue weighted by Gasteiger charge is 2.23. The highest BCUT2D eigenvalue weighted by atomic mass is 32.2. The Kier molecular flexibility index (Phi) is 8.85. The summed E-state index contributed by atoms with van der Waals surface area (Å²) >= 11 is 1.54. The zero-order chi connectivity index (χ0) is 32.3. The van der Waals surface area contributed by atoms with Crippen LogP contribution in [0, 0.1) is 0 Å². The SMILES string of the molecule is C=C1NC(=C)N(Cc2ccc(-n3nc(C(C)(C)C)cc3NC(=O)Nc3ccc(CCCc4ccncc4)c4ccccc34)cc2)S1. The summed E-state index contributed by atoms with van der Waals surface area (Å²) in [6.07, 6.45) is 6.65. The van der Waals surface area contributed by atoms with Crippen molar-refractivity contribution >= 4 is 40.3 Å². The van der Waals surface area contributed by atoms with Crippen LogP contribution in [0.3, 0.4) is 0 Å². The second-order valence-corrected chi connectivity index (χ2v) is 13.6. The van der Waals surface area contributed by atoms with Gasteiger partial charge in [-0.1, -0.05) is 76.4 Å². The first-order valence-electron chi connectivity index (χ1n) is 15.4. The number of carbonyl (C=O) groups excluding carboxylic acids is 1. The smallest absolute Gasteiger partial charge is 0.324 e. The first-order valence-corrected chi connectivity index (χ1v) is 16.2. The van der Waals surface area contributed by atoms with Gasteiger partial charge in [0, 0.05) is 41.2 Å². The van der Waals surface area contributed by atoms with Gasteiger partial charge in [0.25, 0.3) is 0 Å². The van der Waals surface area contributed by atoms with Crippen LogP contribution in [0.1, 0.15) is 49.6 Å². The van der Waals surface area contributed by atoms with Gasteiger partial charge in [0.1, 0.15) is 11.6 Å². The lowest BCUT2D eigenvalue weighted by Crippen LogP contribution is -2.21. The van der Waals surface area contributed by atoms with Crippen molar-refractivity contribution in [2.24, 2.45) is 0 Å². The van der Waals surface area contributed by atoms with Gasteiger partial charge in [0.15, 0.2) is 0 Å². The molecule has 3 heterocycles. The lowest BCUT2D eigenvalue weighted by atomic mass is 9.92. The first kappa shape index (κ1) is 31.0. The Hall–Kier alpha value is -5.02. The second-order valence-electron chi connectivity index (χ2n) is 12.5. The van der Waals surface area contributed by atoms with Crippen LogP contribution in [0.2, 0.25) is 0 Å². The van der Waals surface area contributed by atoms with Gasteiger partial charge in [-0.05, 0) is 71.7 Å². The van der Waals surface area contributed by atoms with E-state index in [1.54, 1.807) is 16.6 Å². The van der Waals surface area contributed by atoms with E-state index < -0.39 is 0 Å². The molecule has 2 amide bonds. The van der Waals surface area contributed by atoms with Gasteiger partial charge >= 0.3 is 6.03 Å². The van der Waals surface area contributed by atoms with E-state index in [1.165, 1.54) is 11.1 Å². The van der Waals surface area contributed by atoms with Crippen LogP contribution in [-0.4, -0.2) is 25.1 Å². The molecule has 0 bridgehead atoms. The van der Waals surface area contributed by atoms with Crippen molar-refractivity contribution in [1.82, 2.24) is 24.4 Å². The average Bonchev–Trinajstić information content (AvgIpc) is 3.60. The molecule has 234 valence electrons. The molecule has 8 nitrogen and oxygen atoms in total. The summed E-state index contributed by atoms with van der Waals surface area (Å²) in [5.74, 6) is 1.41. The minimum atomic E-state index is -0.328. The predicted octanol–water partition coefficient (Wildman–Crippen LogP) is 8.53. The number of aromatic nitrogens is 3. The topological polar surface area (TPSA) is 87.1 Å². The maximum atomic E-state index is 13.5. The fourth-order valence-corrected chi connectivity index (χ4v) is 6.29. The van der Waals surface area contributed by atoms with E-state index in [-0.39, 0.29) is 11.4 Å². The Labute approximate surface area is 274 Å². The van der Waals surface area contributed by atoms with E-state index in [0.29, 0.717) is 12.4 Å². The van der Waals surface area contributed by atoms with Crippen molar-refractivity contribution in [2.45, 2.75) is 52.0 Å². The van der Waals surface area contributed by atoms with Gasteiger partial charge in [-0.3, -0.25) is 14.6 Å². The largest absolute Gasteiger partial charge is 0.336 e. The number of nitrogens with zero attached hydrogens (tertiary/aromatic N) is 4. The average molecular weight is 630 g/mol. The van der Waals surface area contributed by atoms with Gasteiger partial charge < -0.3 is 10.6 Å². The molecule has 0 spiro atoms. The molecule has 0 radical (unpaired) electrons. The molecular formula is C37H39N7OS. The van der Waals surface area contributed by atoms with E-state index in [1.807, 2.05) is 48.8 Å². The van der Waals surface area contributed by atoms with E-state index in [0.717, 1.165) is 63.5 Å². The zero-order valence-corrected chi connectivity index (χ0v) is 27.3. The molecule has 1 fully saturated rings. The number of amides is 2. The number of benzene rings is 3. The van der Waals surface area contributed by atoms with Crippen LogP contribution >= 0.6 is 11.9 Å². The molecule has 3 N–H and O–H groups in total. The summed E-state index contributed by atoms with van der Waals surface area (Å²) in [7, 11) is 0. The molecule has 3 aromatic carbocycles. The molecule has 0 atom stereocenters. The van der Waals surface area contributed by atoms with E-state index >= 15 is 0 Å². The summed E-state index contributed by atoms with van der Waals surface area (Å²) < 4.78 is 3.86. The van der Waals surface area contributed by atoms with E-state index in [4.69, 9.17) is 5.10 Å². The van der Waals surface area contributed by atoms with Crippen molar-refractivity contribution < 1.29 is 4.79 Å². The zero-order valence-electron chi connectivity index (χ0n) is 26.5. The quantitative estimate of drug-likeness (QED) is 0.142. The van der Waals surface area contributed by atoms with Crippen LogP contribution in [-0.2, 0) is 24.8 Å². The standard InChI is InChI=1S/C37H39N7OS/c1-25-39-26(2)46-43(25)24-28-13-16-30(17-14-28)44-35(23-34(42-44)37(3,4)5)41-36(45)40-33-18-15-29(31-11-6-7-12-32(31)33)10-8-9-27-19-21-38-22-20-27/h6-7,11-23,39H,1-2,8-10,24H2,3-5H3,(H2,40,41,45).